The molecule has 5 rings (SSSR count). The Morgan fingerprint density at radius 1 is 0.762 bits per heavy atom. The Bertz CT molecular complexity index is 1580. The van der Waals surface area contributed by atoms with E-state index in [1.54, 1.807) is 0 Å². The molecule has 0 fully saturated rings. The zero-order valence-corrected chi connectivity index (χ0v) is 25.6. The number of aryl methyl sites for hydroxylation is 1. The van der Waals surface area contributed by atoms with Crippen LogP contribution in [0.3, 0.4) is 0 Å². The Labute approximate surface area is 255 Å². The Hall–Kier alpha value is -3.86. The first-order valence-electron chi connectivity index (χ1n) is 14.9. The molecule has 0 radical (unpaired) electrons. The summed E-state index contributed by atoms with van der Waals surface area (Å²) in [7, 11) is 0. The largest absolute Gasteiger partial charge is 0.494 e. The summed E-state index contributed by atoms with van der Waals surface area (Å²) >= 11 is 6.31. The molecule has 1 heterocycles. The molecule has 0 spiro atoms. The van der Waals surface area contributed by atoms with Crippen molar-refractivity contribution in [2.24, 2.45) is 0 Å². The van der Waals surface area contributed by atoms with Gasteiger partial charge in [0.15, 0.2) is 0 Å². The molecule has 0 N–H and O–H groups in total. The van der Waals surface area contributed by atoms with Gasteiger partial charge in [0.25, 0.3) is 0 Å². The lowest BCUT2D eigenvalue weighted by Gasteiger charge is -2.25. The van der Waals surface area contributed by atoms with Crippen molar-refractivity contribution in [2.45, 2.75) is 59.8 Å². The molecule has 42 heavy (non-hydrogen) atoms. The summed E-state index contributed by atoms with van der Waals surface area (Å²) in [4.78, 5) is 7.85. The van der Waals surface area contributed by atoms with Crippen molar-refractivity contribution in [3.05, 3.63) is 131 Å². The van der Waals surface area contributed by atoms with E-state index in [2.05, 4.69) is 108 Å². The normalized spacial score (nSPS) is 11.3. The molecule has 1 aromatic heterocycles. The average molecular weight is 578 g/mol. The third kappa shape index (κ3) is 7.50. The molecular formula is C37H40ClN3O. The Morgan fingerprint density at radius 2 is 1.48 bits per heavy atom. The molecule has 5 aromatic rings. The van der Waals surface area contributed by atoms with E-state index in [0.717, 1.165) is 72.4 Å². The van der Waals surface area contributed by atoms with Gasteiger partial charge in [-0.15, -0.1) is 0 Å². The molecule has 0 aliphatic rings. The van der Waals surface area contributed by atoms with Gasteiger partial charge in [-0.2, -0.15) is 0 Å². The van der Waals surface area contributed by atoms with Crippen molar-refractivity contribution in [3.63, 3.8) is 0 Å². The number of benzene rings is 4. The molecule has 0 amide bonds. The van der Waals surface area contributed by atoms with E-state index >= 15 is 0 Å². The third-order valence-electron chi connectivity index (χ3n) is 7.44. The predicted molar refractivity (Wildman–Crippen MR) is 175 cm³/mol. The number of nitrogens with zero attached hydrogens (tertiary/aromatic N) is 3. The lowest BCUT2D eigenvalue weighted by atomic mass is 10.1. The van der Waals surface area contributed by atoms with Crippen molar-refractivity contribution in [3.8, 4) is 28.4 Å². The Morgan fingerprint density at radius 3 is 2.17 bits per heavy atom. The molecule has 0 unspecified atom stereocenters. The smallest absolute Gasteiger partial charge is 0.140 e. The highest BCUT2D eigenvalue weighted by atomic mass is 35.5. The van der Waals surface area contributed by atoms with E-state index in [-0.39, 0.29) is 0 Å². The number of hydrogen-bond acceptors (Lipinski definition) is 3. The second kappa shape index (κ2) is 14.4. The highest BCUT2D eigenvalue weighted by Crippen LogP contribution is 2.32. The molecule has 5 heteroatoms. The van der Waals surface area contributed by atoms with Gasteiger partial charge >= 0.3 is 0 Å². The minimum absolute atomic E-state index is 0.653. The predicted octanol–water partition coefficient (Wildman–Crippen LogP) is 9.58. The summed E-state index contributed by atoms with van der Waals surface area (Å²) in [6.45, 7) is 10.3. The number of hydrogen-bond donors (Lipinski definition) is 0. The summed E-state index contributed by atoms with van der Waals surface area (Å²) in [6, 6.07) is 35.9. The van der Waals surface area contributed by atoms with Crippen molar-refractivity contribution in [1.82, 2.24) is 14.5 Å². The zero-order valence-electron chi connectivity index (χ0n) is 24.9. The van der Waals surface area contributed by atoms with E-state index in [9.17, 15) is 0 Å². The van der Waals surface area contributed by atoms with Gasteiger partial charge in [-0.05, 0) is 55.7 Å². The molecule has 0 saturated heterocycles. The number of imidazole rings is 1. The fraction of sp³-hybridized carbons (Fsp3) is 0.270. The van der Waals surface area contributed by atoms with Gasteiger partial charge in [-0.25, -0.2) is 4.98 Å². The summed E-state index contributed by atoms with van der Waals surface area (Å²) in [5.74, 6) is 1.92. The van der Waals surface area contributed by atoms with Gasteiger partial charge in [-0.3, -0.25) is 4.90 Å². The number of halogens is 1. The quantitative estimate of drug-likeness (QED) is 0.139. The molecule has 0 aliphatic carbocycles. The standard InChI is InChI=1S/C37H40ClN3O/c1-4-6-22-41-35(36(31-18-20-33(38)21-19-31)39-37(41)32-15-8-7-9-16-32)27-40(25-29-13-10-12-28(3)23-29)26-30-14-11-17-34(24-30)42-5-2/h7-21,23-24H,4-6,22,25-27H2,1-3H3. The van der Waals surface area contributed by atoms with Crippen molar-refractivity contribution >= 4 is 11.6 Å². The number of aromatic nitrogens is 2. The number of unbranched alkanes of at least 4 members (excludes halogenated alkanes) is 1. The van der Waals surface area contributed by atoms with Gasteiger partial charge in [0, 0.05) is 42.3 Å². The van der Waals surface area contributed by atoms with Crippen LogP contribution in [0.1, 0.15) is 49.1 Å². The minimum Gasteiger partial charge on any atom is -0.494 e. The summed E-state index contributed by atoms with van der Waals surface area (Å²) in [5, 5.41) is 0.726. The molecule has 0 bridgehead atoms. The van der Waals surface area contributed by atoms with E-state index in [1.807, 2.05) is 25.1 Å². The van der Waals surface area contributed by atoms with Gasteiger partial charge in [-0.1, -0.05) is 109 Å². The zero-order chi connectivity index (χ0) is 29.3. The molecule has 0 atom stereocenters. The van der Waals surface area contributed by atoms with E-state index < -0.39 is 0 Å². The lowest BCUT2D eigenvalue weighted by Crippen LogP contribution is -2.24. The van der Waals surface area contributed by atoms with Gasteiger partial charge in [0.1, 0.15) is 11.6 Å². The van der Waals surface area contributed by atoms with Crippen LogP contribution in [0.25, 0.3) is 22.6 Å². The minimum atomic E-state index is 0.653. The highest BCUT2D eigenvalue weighted by Gasteiger charge is 2.22. The van der Waals surface area contributed by atoms with Gasteiger partial charge < -0.3 is 9.30 Å². The summed E-state index contributed by atoms with van der Waals surface area (Å²) in [5.41, 5.74) is 8.24. The average Bonchev–Trinajstić information content (AvgIpc) is 3.35. The van der Waals surface area contributed by atoms with Crippen LogP contribution in [0.2, 0.25) is 5.02 Å². The number of ether oxygens (including phenoxy) is 1. The summed E-state index contributed by atoms with van der Waals surface area (Å²) < 4.78 is 8.29. The SMILES string of the molecule is CCCCn1c(-c2ccccc2)nc(-c2ccc(Cl)cc2)c1CN(Cc1cccc(C)c1)Cc1cccc(OCC)c1. The van der Waals surface area contributed by atoms with Gasteiger partial charge in [0.2, 0.25) is 0 Å². The first kappa shape index (κ1) is 29.6. The maximum atomic E-state index is 6.31. The lowest BCUT2D eigenvalue weighted by molar-refractivity contribution is 0.240. The monoisotopic (exact) mass is 577 g/mol. The topological polar surface area (TPSA) is 30.3 Å². The van der Waals surface area contributed by atoms with Crippen LogP contribution >= 0.6 is 11.6 Å². The van der Waals surface area contributed by atoms with E-state index in [4.69, 9.17) is 21.3 Å². The van der Waals surface area contributed by atoms with E-state index in [1.165, 1.54) is 22.4 Å². The molecule has 4 aromatic carbocycles. The van der Waals surface area contributed by atoms with Crippen molar-refractivity contribution in [1.29, 1.82) is 0 Å². The van der Waals surface area contributed by atoms with Crippen LogP contribution in [0.15, 0.2) is 103 Å². The second-order valence-electron chi connectivity index (χ2n) is 10.8. The first-order valence-corrected chi connectivity index (χ1v) is 15.3. The summed E-state index contributed by atoms with van der Waals surface area (Å²) in [6.07, 6.45) is 2.19. The maximum absolute atomic E-state index is 6.31. The van der Waals surface area contributed by atoms with Crippen molar-refractivity contribution in [2.75, 3.05) is 6.61 Å². The Balaban J connectivity index is 1.61. The van der Waals surface area contributed by atoms with Crippen molar-refractivity contribution < 1.29 is 4.74 Å². The molecular weight excluding hydrogens is 538 g/mol. The maximum Gasteiger partial charge on any atom is 0.140 e. The van der Waals surface area contributed by atoms with Crippen LogP contribution < -0.4 is 4.74 Å². The molecule has 0 saturated carbocycles. The van der Waals surface area contributed by atoms with Crippen LogP contribution in [-0.2, 0) is 26.2 Å². The van der Waals surface area contributed by atoms with Crippen LogP contribution in [0, 0.1) is 6.92 Å². The third-order valence-corrected chi connectivity index (χ3v) is 7.69. The Kier molecular flexibility index (Phi) is 10.1. The fourth-order valence-electron chi connectivity index (χ4n) is 5.46. The fourth-order valence-corrected chi connectivity index (χ4v) is 5.58. The molecule has 4 nitrogen and oxygen atoms in total. The van der Waals surface area contributed by atoms with E-state index in [0.29, 0.717) is 6.61 Å². The van der Waals surface area contributed by atoms with Crippen LogP contribution in [0.5, 0.6) is 5.75 Å². The van der Waals surface area contributed by atoms with Gasteiger partial charge in [0.05, 0.1) is 18.0 Å². The highest BCUT2D eigenvalue weighted by molar-refractivity contribution is 6.30. The molecule has 216 valence electrons. The molecule has 0 aliphatic heterocycles. The second-order valence-corrected chi connectivity index (χ2v) is 11.3. The first-order chi connectivity index (χ1) is 20.5. The van der Waals surface area contributed by atoms with Crippen LogP contribution in [0.4, 0.5) is 0 Å². The number of rotatable bonds is 13. The van der Waals surface area contributed by atoms with Crippen LogP contribution in [-0.4, -0.2) is 21.1 Å².